The molecule has 0 aromatic rings. The Bertz CT molecular complexity index is 120. The van der Waals surface area contributed by atoms with Crippen LogP contribution in [0.15, 0.2) is 0 Å². The highest BCUT2D eigenvalue weighted by Gasteiger charge is 2.29. The van der Waals surface area contributed by atoms with E-state index in [4.69, 9.17) is 10.6 Å². The molecule has 0 amide bonds. The third-order valence-corrected chi connectivity index (χ3v) is 1.92. The zero-order valence-electron chi connectivity index (χ0n) is 8.85. The van der Waals surface area contributed by atoms with Crippen molar-refractivity contribution < 1.29 is 4.74 Å². The number of hydrogen-bond acceptors (Lipinski definition) is 3. The van der Waals surface area contributed by atoms with Crippen LogP contribution in [0.3, 0.4) is 0 Å². The van der Waals surface area contributed by atoms with Crippen molar-refractivity contribution in [3.05, 3.63) is 0 Å². The maximum Gasteiger partial charge on any atom is 0.0786 e. The number of rotatable bonds is 4. The molecule has 3 N–H and O–H groups in total. The number of nitrogens with two attached hydrogens (primary N) is 1. The lowest BCUT2D eigenvalue weighted by atomic mass is 9.85. The van der Waals surface area contributed by atoms with Gasteiger partial charge < -0.3 is 4.74 Å². The highest BCUT2D eigenvalue weighted by molar-refractivity contribution is 4.82. The molecule has 74 valence electrons. The van der Waals surface area contributed by atoms with Gasteiger partial charge >= 0.3 is 0 Å². The van der Waals surface area contributed by atoms with E-state index >= 15 is 0 Å². The fraction of sp³-hybridized carbons (Fsp3) is 1.00. The molecule has 0 aromatic heterocycles. The first kappa shape index (κ1) is 11.9. The Labute approximate surface area is 75.6 Å². The quantitative estimate of drug-likeness (QED) is 0.498. The van der Waals surface area contributed by atoms with Crippen molar-refractivity contribution in [3.8, 4) is 0 Å². The van der Waals surface area contributed by atoms with Crippen LogP contribution in [0.25, 0.3) is 0 Å². The van der Waals surface area contributed by atoms with Crippen LogP contribution in [-0.4, -0.2) is 18.8 Å². The average Bonchev–Trinajstić information content (AvgIpc) is 1.96. The molecule has 0 spiro atoms. The van der Waals surface area contributed by atoms with E-state index in [1.807, 2.05) is 13.8 Å². The van der Waals surface area contributed by atoms with Crippen molar-refractivity contribution in [1.82, 2.24) is 5.43 Å². The van der Waals surface area contributed by atoms with E-state index in [1.54, 1.807) is 0 Å². The number of hydrogen-bond donors (Lipinski definition) is 2. The summed E-state index contributed by atoms with van der Waals surface area (Å²) in [4.78, 5) is 0. The average molecular weight is 174 g/mol. The lowest BCUT2D eigenvalue weighted by Crippen LogP contribution is -2.49. The fourth-order valence-electron chi connectivity index (χ4n) is 1.41. The summed E-state index contributed by atoms with van der Waals surface area (Å²) in [6.07, 6.45) is 0.160. The molecule has 0 saturated carbocycles. The topological polar surface area (TPSA) is 47.3 Å². The summed E-state index contributed by atoms with van der Waals surface area (Å²) >= 11 is 0. The molecule has 2 atom stereocenters. The summed E-state index contributed by atoms with van der Waals surface area (Å²) in [5.74, 6) is 5.37. The molecule has 0 bridgehead atoms. The molecule has 2 unspecified atom stereocenters. The van der Waals surface area contributed by atoms with E-state index in [1.165, 1.54) is 0 Å². The molecular formula is C9H22N2O. The van der Waals surface area contributed by atoms with Crippen molar-refractivity contribution in [3.63, 3.8) is 0 Å². The second kappa shape index (κ2) is 4.80. The summed E-state index contributed by atoms with van der Waals surface area (Å²) in [5.41, 5.74) is 2.86. The van der Waals surface area contributed by atoms with Gasteiger partial charge in [0, 0.05) is 12.6 Å². The van der Waals surface area contributed by atoms with Gasteiger partial charge in [-0.1, -0.05) is 20.8 Å². The summed E-state index contributed by atoms with van der Waals surface area (Å²) in [6, 6.07) is 0.185. The Morgan fingerprint density at radius 3 is 2.17 bits per heavy atom. The highest BCUT2D eigenvalue weighted by Crippen LogP contribution is 2.24. The van der Waals surface area contributed by atoms with Gasteiger partial charge in [-0.25, -0.2) is 0 Å². The normalized spacial score (nSPS) is 17.5. The molecule has 0 heterocycles. The minimum absolute atomic E-state index is 0.127. The molecule has 0 aliphatic heterocycles. The number of hydrazine groups is 1. The minimum atomic E-state index is 0.127. The van der Waals surface area contributed by atoms with Gasteiger partial charge in [0.25, 0.3) is 0 Å². The van der Waals surface area contributed by atoms with Crippen LogP contribution in [0.2, 0.25) is 0 Å². The van der Waals surface area contributed by atoms with E-state index in [2.05, 4.69) is 26.2 Å². The second-order valence-electron chi connectivity index (χ2n) is 4.20. The molecule has 3 heteroatoms. The molecular weight excluding hydrogens is 152 g/mol. The van der Waals surface area contributed by atoms with Crippen molar-refractivity contribution in [2.24, 2.45) is 11.3 Å². The summed E-state index contributed by atoms with van der Waals surface area (Å²) in [6.45, 7) is 11.2. The first-order valence-electron chi connectivity index (χ1n) is 4.51. The molecule has 12 heavy (non-hydrogen) atoms. The third kappa shape index (κ3) is 3.52. The molecule has 0 aliphatic carbocycles. The van der Waals surface area contributed by atoms with Crippen molar-refractivity contribution in [2.75, 3.05) is 6.61 Å². The minimum Gasteiger partial charge on any atom is -0.376 e. The van der Waals surface area contributed by atoms with E-state index in [0.29, 0.717) is 0 Å². The molecule has 0 aliphatic rings. The number of nitrogens with one attached hydrogen (secondary N) is 1. The zero-order valence-corrected chi connectivity index (χ0v) is 8.85. The molecule has 0 saturated heterocycles. The first-order chi connectivity index (χ1) is 5.43. The lowest BCUT2D eigenvalue weighted by Gasteiger charge is -2.34. The molecule has 3 nitrogen and oxygen atoms in total. The van der Waals surface area contributed by atoms with E-state index in [0.717, 1.165) is 6.61 Å². The van der Waals surface area contributed by atoms with Crippen LogP contribution in [0.5, 0.6) is 0 Å². The lowest BCUT2D eigenvalue weighted by molar-refractivity contribution is -0.0316. The molecule has 0 rings (SSSR count). The van der Waals surface area contributed by atoms with Gasteiger partial charge in [-0.15, -0.1) is 0 Å². The summed E-state index contributed by atoms with van der Waals surface area (Å²) < 4.78 is 5.62. The molecule has 0 fully saturated rings. The largest absolute Gasteiger partial charge is 0.376 e. The number of ether oxygens (including phenoxy) is 1. The zero-order chi connectivity index (χ0) is 9.78. The van der Waals surface area contributed by atoms with Crippen molar-refractivity contribution >= 4 is 0 Å². The molecule has 0 radical (unpaired) electrons. The van der Waals surface area contributed by atoms with Crippen LogP contribution in [0.4, 0.5) is 0 Å². The monoisotopic (exact) mass is 174 g/mol. The Hall–Kier alpha value is -0.120. The van der Waals surface area contributed by atoms with Crippen molar-refractivity contribution in [1.29, 1.82) is 0 Å². The fourth-order valence-corrected chi connectivity index (χ4v) is 1.41. The SMILES string of the molecule is CCOC(C(C)NN)C(C)(C)C. The maximum absolute atomic E-state index is 5.62. The Kier molecular flexibility index (Phi) is 4.75. The summed E-state index contributed by atoms with van der Waals surface area (Å²) in [5, 5.41) is 0. The van der Waals surface area contributed by atoms with Gasteiger partial charge in [-0.3, -0.25) is 11.3 Å². The van der Waals surface area contributed by atoms with Gasteiger partial charge in [0.1, 0.15) is 0 Å². The maximum atomic E-state index is 5.62. The van der Waals surface area contributed by atoms with Gasteiger partial charge in [0.05, 0.1) is 6.10 Å². The Morgan fingerprint density at radius 1 is 1.42 bits per heavy atom. The second-order valence-corrected chi connectivity index (χ2v) is 4.20. The predicted molar refractivity (Wildman–Crippen MR) is 51.7 cm³/mol. The van der Waals surface area contributed by atoms with Gasteiger partial charge in [-0.2, -0.15) is 0 Å². The van der Waals surface area contributed by atoms with Crippen LogP contribution in [0.1, 0.15) is 34.6 Å². The first-order valence-corrected chi connectivity index (χ1v) is 4.51. The standard InChI is InChI=1S/C9H22N2O/c1-6-12-8(7(2)11-10)9(3,4)5/h7-8,11H,6,10H2,1-5H3. The van der Waals surface area contributed by atoms with E-state index < -0.39 is 0 Å². The van der Waals surface area contributed by atoms with Gasteiger partial charge in [0.15, 0.2) is 0 Å². The van der Waals surface area contributed by atoms with E-state index in [-0.39, 0.29) is 17.6 Å². The summed E-state index contributed by atoms with van der Waals surface area (Å²) in [7, 11) is 0. The van der Waals surface area contributed by atoms with Gasteiger partial charge in [0.2, 0.25) is 0 Å². The smallest absolute Gasteiger partial charge is 0.0786 e. The van der Waals surface area contributed by atoms with E-state index in [9.17, 15) is 0 Å². The highest BCUT2D eigenvalue weighted by atomic mass is 16.5. The Morgan fingerprint density at radius 2 is 1.92 bits per heavy atom. The third-order valence-electron chi connectivity index (χ3n) is 1.92. The van der Waals surface area contributed by atoms with Gasteiger partial charge in [-0.05, 0) is 19.3 Å². The molecule has 0 aromatic carbocycles. The van der Waals surface area contributed by atoms with Crippen LogP contribution in [-0.2, 0) is 4.74 Å². The van der Waals surface area contributed by atoms with Crippen LogP contribution in [0, 0.1) is 5.41 Å². The predicted octanol–water partition coefficient (Wildman–Crippen LogP) is 1.29. The van der Waals surface area contributed by atoms with Crippen LogP contribution < -0.4 is 11.3 Å². The Balaban J connectivity index is 4.22. The van der Waals surface area contributed by atoms with Crippen LogP contribution >= 0.6 is 0 Å². The van der Waals surface area contributed by atoms with Crippen molar-refractivity contribution in [2.45, 2.75) is 46.8 Å².